The van der Waals surface area contributed by atoms with Gasteiger partial charge in [-0.1, -0.05) is 13.8 Å². The Morgan fingerprint density at radius 1 is 1.00 bits per heavy atom. The summed E-state index contributed by atoms with van der Waals surface area (Å²) in [6, 6.07) is 0.240. The van der Waals surface area contributed by atoms with Gasteiger partial charge in [0.25, 0.3) is 0 Å². The van der Waals surface area contributed by atoms with Crippen molar-refractivity contribution in [3.8, 4) is 0 Å². The number of carbonyl (C=O) groups is 2. The summed E-state index contributed by atoms with van der Waals surface area (Å²) in [6.45, 7) is 8.02. The summed E-state index contributed by atoms with van der Waals surface area (Å²) in [6.07, 6.45) is 2.05. The molecule has 2 heterocycles. The van der Waals surface area contributed by atoms with Gasteiger partial charge >= 0.3 is 11.8 Å². The molecule has 2 aliphatic rings. The summed E-state index contributed by atoms with van der Waals surface area (Å²) < 4.78 is 0. The van der Waals surface area contributed by atoms with Crippen molar-refractivity contribution in [1.29, 1.82) is 0 Å². The second-order valence-electron chi connectivity index (χ2n) is 6.05. The van der Waals surface area contributed by atoms with Crippen LogP contribution in [-0.4, -0.2) is 72.3 Å². The van der Waals surface area contributed by atoms with E-state index in [1.54, 1.807) is 9.80 Å². The predicted molar refractivity (Wildman–Crippen MR) is 73.7 cm³/mol. The molecule has 0 aliphatic carbocycles. The number of nitrogens with zero attached hydrogens (tertiary/aromatic N) is 3. The minimum Gasteiger partial charge on any atom is -0.332 e. The minimum atomic E-state index is -0.305. The van der Waals surface area contributed by atoms with E-state index in [9.17, 15) is 9.59 Å². The number of hydrogen-bond donors (Lipinski definition) is 0. The van der Waals surface area contributed by atoms with Crippen molar-refractivity contribution in [2.24, 2.45) is 5.92 Å². The molecular weight excluding hydrogens is 242 g/mol. The Kier molecular flexibility index (Phi) is 4.45. The first-order chi connectivity index (χ1) is 9.00. The Bertz CT molecular complexity index is 349. The molecule has 1 atom stereocenters. The van der Waals surface area contributed by atoms with E-state index in [1.807, 2.05) is 7.05 Å². The normalized spacial score (nSPS) is 25.2. The van der Waals surface area contributed by atoms with Crippen molar-refractivity contribution in [3.63, 3.8) is 0 Å². The van der Waals surface area contributed by atoms with Crippen LogP contribution >= 0.6 is 0 Å². The molecule has 0 aromatic heterocycles. The van der Waals surface area contributed by atoms with Crippen molar-refractivity contribution in [1.82, 2.24) is 14.7 Å². The highest BCUT2D eigenvalue weighted by Crippen LogP contribution is 2.24. The van der Waals surface area contributed by atoms with Gasteiger partial charge < -0.3 is 14.7 Å². The standard InChI is InChI=1S/C14H25N3O2/c1-11(2)12-5-4-6-17(12)14(19)13(18)16-9-7-15(3)8-10-16/h11-12H,4-10H2,1-3H3/t12-/m0/s1. The number of likely N-dealkylation sites (tertiary alicyclic amines) is 1. The van der Waals surface area contributed by atoms with Gasteiger partial charge in [0, 0.05) is 38.8 Å². The fraction of sp³-hybridized carbons (Fsp3) is 0.857. The third-order valence-corrected chi connectivity index (χ3v) is 4.30. The summed E-state index contributed by atoms with van der Waals surface area (Å²) >= 11 is 0. The fourth-order valence-corrected chi connectivity index (χ4v) is 3.01. The molecule has 0 bridgehead atoms. The van der Waals surface area contributed by atoms with E-state index >= 15 is 0 Å². The predicted octanol–water partition coefficient (Wildman–Crippen LogP) is 0.407. The van der Waals surface area contributed by atoms with Crippen LogP contribution in [0.4, 0.5) is 0 Å². The van der Waals surface area contributed by atoms with Crippen molar-refractivity contribution < 1.29 is 9.59 Å². The van der Waals surface area contributed by atoms with Crippen molar-refractivity contribution >= 4 is 11.8 Å². The maximum atomic E-state index is 12.4. The van der Waals surface area contributed by atoms with Crippen LogP contribution < -0.4 is 0 Å². The lowest BCUT2D eigenvalue weighted by Crippen LogP contribution is -2.53. The minimum absolute atomic E-state index is 0.240. The zero-order chi connectivity index (χ0) is 14.0. The van der Waals surface area contributed by atoms with Crippen LogP contribution in [0.5, 0.6) is 0 Å². The van der Waals surface area contributed by atoms with Gasteiger partial charge in [0.1, 0.15) is 0 Å². The Morgan fingerprint density at radius 2 is 1.63 bits per heavy atom. The topological polar surface area (TPSA) is 43.9 Å². The zero-order valence-corrected chi connectivity index (χ0v) is 12.3. The quantitative estimate of drug-likeness (QED) is 0.646. The van der Waals surface area contributed by atoms with Gasteiger partial charge in [0.15, 0.2) is 0 Å². The number of carbonyl (C=O) groups excluding carboxylic acids is 2. The molecular formula is C14H25N3O2. The molecule has 0 radical (unpaired) electrons. The highest BCUT2D eigenvalue weighted by Gasteiger charge is 2.36. The van der Waals surface area contributed by atoms with Gasteiger partial charge in [0.2, 0.25) is 0 Å². The van der Waals surface area contributed by atoms with Crippen LogP contribution in [0, 0.1) is 5.92 Å². The Morgan fingerprint density at radius 3 is 2.21 bits per heavy atom. The molecule has 2 rings (SSSR count). The van der Waals surface area contributed by atoms with Gasteiger partial charge in [-0.25, -0.2) is 0 Å². The molecule has 5 heteroatoms. The SMILES string of the molecule is CC(C)[C@@H]1CCCN1C(=O)C(=O)N1CCN(C)CC1. The Hall–Kier alpha value is -1.10. The monoisotopic (exact) mass is 267 g/mol. The van der Waals surface area contributed by atoms with Crippen LogP contribution in [0.15, 0.2) is 0 Å². The van der Waals surface area contributed by atoms with Gasteiger partial charge in [-0.3, -0.25) is 9.59 Å². The van der Waals surface area contributed by atoms with Crippen molar-refractivity contribution in [2.75, 3.05) is 39.8 Å². The first-order valence-electron chi connectivity index (χ1n) is 7.29. The Labute approximate surface area is 115 Å². The third-order valence-electron chi connectivity index (χ3n) is 4.30. The summed E-state index contributed by atoms with van der Waals surface area (Å²) in [5, 5.41) is 0. The maximum absolute atomic E-state index is 12.4. The summed E-state index contributed by atoms with van der Waals surface area (Å²) in [5.41, 5.74) is 0. The van der Waals surface area contributed by atoms with Gasteiger partial charge in [-0.2, -0.15) is 0 Å². The lowest BCUT2D eigenvalue weighted by atomic mass is 10.0. The average Bonchev–Trinajstić information content (AvgIpc) is 2.87. The summed E-state index contributed by atoms with van der Waals surface area (Å²) in [4.78, 5) is 30.3. The number of likely N-dealkylation sites (N-methyl/N-ethyl adjacent to an activating group) is 1. The first-order valence-corrected chi connectivity index (χ1v) is 7.29. The van der Waals surface area contributed by atoms with Crippen LogP contribution in [0.1, 0.15) is 26.7 Å². The van der Waals surface area contributed by atoms with Crippen LogP contribution in [0.2, 0.25) is 0 Å². The second kappa shape index (κ2) is 5.90. The van der Waals surface area contributed by atoms with E-state index in [-0.39, 0.29) is 17.9 Å². The third kappa shape index (κ3) is 3.08. The molecule has 0 saturated carbocycles. The van der Waals surface area contributed by atoms with Gasteiger partial charge in [-0.05, 0) is 25.8 Å². The molecule has 0 aromatic rings. The zero-order valence-electron chi connectivity index (χ0n) is 12.3. The molecule has 2 fully saturated rings. The molecule has 0 unspecified atom stereocenters. The van der Waals surface area contributed by atoms with Crippen LogP contribution in [0.25, 0.3) is 0 Å². The fourth-order valence-electron chi connectivity index (χ4n) is 3.01. The molecule has 108 valence electrons. The number of amides is 2. The number of rotatable bonds is 1. The van der Waals surface area contributed by atoms with Gasteiger partial charge in [0.05, 0.1) is 0 Å². The summed E-state index contributed by atoms with van der Waals surface area (Å²) in [5.74, 6) is -0.173. The summed E-state index contributed by atoms with van der Waals surface area (Å²) in [7, 11) is 2.04. The van der Waals surface area contributed by atoms with E-state index in [0.717, 1.165) is 32.5 Å². The van der Waals surface area contributed by atoms with Crippen molar-refractivity contribution in [3.05, 3.63) is 0 Å². The largest absolute Gasteiger partial charge is 0.332 e. The molecule has 2 saturated heterocycles. The number of piperazine rings is 1. The van der Waals surface area contributed by atoms with Crippen molar-refractivity contribution in [2.45, 2.75) is 32.7 Å². The van der Waals surface area contributed by atoms with Gasteiger partial charge in [-0.15, -0.1) is 0 Å². The highest BCUT2D eigenvalue weighted by molar-refractivity contribution is 6.35. The van der Waals surface area contributed by atoms with E-state index in [1.165, 1.54) is 0 Å². The first kappa shape index (κ1) is 14.3. The van der Waals surface area contributed by atoms with E-state index in [2.05, 4.69) is 18.7 Å². The lowest BCUT2D eigenvalue weighted by molar-refractivity contribution is -0.153. The molecule has 5 nitrogen and oxygen atoms in total. The average molecular weight is 267 g/mol. The number of hydrogen-bond acceptors (Lipinski definition) is 3. The lowest BCUT2D eigenvalue weighted by Gasteiger charge is -2.34. The molecule has 0 aromatic carbocycles. The van der Waals surface area contributed by atoms with Crippen LogP contribution in [-0.2, 0) is 9.59 Å². The highest BCUT2D eigenvalue weighted by atomic mass is 16.2. The van der Waals surface area contributed by atoms with E-state index in [0.29, 0.717) is 19.0 Å². The molecule has 19 heavy (non-hydrogen) atoms. The van der Waals surface area contributed by atoms with E-state index < -0.39 is 0 Å². The second-order valence-corrected chi connectivity index (χ2v) is 6.05. The molecule has 0 N–H and O–H groups in total. The smallest absolute Gasteiger partial charge is 0.312 e. The van der Waals surface area contributed by atoms with E-state index in [4.69, 9.17) is 0 Å². The molecule has 2 amide bonds. The maximum Gasteiger partial charge on any atom is 0.312 e. The van der Waals surface area contributed by atoms with Crippen LogP contribution in [0.3, 0.4) is 0 Å². The Balaban J connectivity index is 1.97. The molecule has 2 aliphatic heterocycles. The molecule has 0 spiro atoms.